The van der Waals surface area contributed by atoms with Crippen molar-refractivity contribution in [3.8, 4) is 0 Å². The van der Waals surface area contributed by atoms with E-state index in [0.717, 1.165) is 26.1 Å². The zero-order valence-electron chi connectivity index (χ0n) is 10.6. The number of nitrogens with one attached hydrogen (secondary N) is 1. The van der Waals surface area contributed by atoms with Crippen LogP contribution in [0.3, 0.4) is 0 Å². The predicted molar refractivity (Wildman–Crippen MR) is 65.3 cm³/mol. The largest absolute Gasteiger partial charge is 0.407 e. The summed E-state index contributed by atoms with van der Waals surface area (Å²) in [5.74, 6) is 0.897. The summed E-state index contributed by atoms with van der Waals surface area (Å²) in [6, 6.07) is 0.550. The number of aliphatic hydroxyl groups is 1. The maximum atomic E-state index is 9.09. The highest BCUT2D eigenvalue weighted by atomic mass is 16.5. The van der Waals surface area contributed by atoms with E-state index in [1.807, 2.05) is 4.90 Å². The number of methoxy groups -OCH3 is 1. The van der Waals surface area contributed by atoms with E-state index in [-0.39, 0.29) is 6.61 Å². The Morgan fingerprint density at radius 2 is 2.44 bits per heavy atom. The van der Waals surface area contributed by atoms with Crippen LogP contribution in [0.2, 0.25) is 0 Å². The van der Waals surface area contributed by atoms with E-state index in [1.165, 1.54) is 0 Å². The Bertz CT molecular complexity index is 358. The Labute approximate surface area is 106 Å². The van der Waals surface area contributed by atoms with Crippen LogP contribution in [0.4, 0.5) is 6.01 Å². The standard InChI is InChI=1S/C11H20N4O3/c1-17-5-3-12-6-10-13-14-11(18-10)15-4-2-9(7-15)8-16/h9,12,16H,2-8H2,1H3. The zero-order valence-corrected chi connectivity index (χ0v) is 10.6. The highest BCUT2D eigenvalue weighted by molar-refractivity contribution is 5.26. The molecule has 2 N–H and O–H groups in total. The molecule has 0 radical (unpaired) electrons. The predicted octanol–water partition coefficient (Wildman–Crippen LogP) is -0.376. The van der Waals surface area contributed by atoms with E-state index in [1.54, 1.807) is 7.11 Å². The fraction of sp³-hybridized carbons (Fsp3) is 0.818. The number of anilines is 1. The Morgan fingerprint density at radius 1 is 1.56 bits per heavy atom. The molecule has 1 saturated heterocycles. The second kappa shape index (κ2) is 6.67. The van der Waals surface area contributed by atoms with Crippen molar-refractivity contribution in [2.45, 2.75) is 13.0 Å². The molecule has 102 valence electrons. The topological polar surface area (TPSA) is 83.7 Å². The van der Waals surface area contributed by atoms with E-state index in [4.69, 9.17) is 14.3 Å². The van der Waals surface area contributed by atoms with Gasteiger partial charge in [-0.1, -0.05) is 5.10 Å². The smallest absolute Gasteiger partial charge is 0.318 e. The molecule has 1 aromatic rings. The van der Waals surface area contributed by atoms with Gasteiger partial charge in [-0.3, -0.25) is 0 Å². The molecule has 1 aromatic heterocycles. The molecule has 7 nitrogen and oxygen atoms in total. The van der Waals surface area contributed by atoms with Crippen LogP contribution in [0.5, 0.6) is 0 Å². The molecule has 2 heterocycles. The van der Waals surface area contributed by atoms with E-state index >= 15 is 0 Å². The van der Waals surface area contributed by atoms with Gasteiger partial charge in [0.2, 0.25) is 5.89 Å². The van der Waals surface area contributed by atoms with Crippen LogP contribution in [-0.4, -0.2) is 55.3 Å². The maximum Gasteiger partial charge on any atom is 0.318 e. The van der Waals surface area contributed by atoms with Crippen LogP contribution in [0.1, 0.15) is 12.3 Å². The third-order valence-electron chi connectivity index (χ3n) is 3.03. The average molecular weight is 256 g/mol. The summed E-state index contributed by atoms with van der Waals surface area (Å²) >= 11 is 0. The number of ether oxygens (including phenoxy) is 1. The lowest BCUT2D eigenvalue weighted by molar-refractivity contribution is 0.198. The summed E-state index contributed by atoms with van der Waals surface area (Å²) in [5, 5.41) is 20.2. The van der Waals surface area contributed by atoms with Gasteiger partial charge < -0.3 is 24.5 Å². The van der Waals surface area contributed by atoms with Gasteiger partial charge in [-0.05, 0) is 6.42 Å². The minimum absolute atomic E-state index is 0.218. The molecular weight excluding hydrogens is 236 g/mol. The van der Waals surface area contributed by atoms with E-state index < -0.39 is 0 Å². The summed E-state index contributed by atoms with van der Waals surface area (Å²) < 4.78 is 10.5. The normalized spacial score (nSPS) is 19.7. The summed E-state index contributed by atoms with van der Waals surface area (Å²) in [7, 11) is 1.66. The van der Waals surface area contributed by atoms with Crippen molar-refractivity contribution in [2.75, 3.05) is 44.9 Å². The first-order valence-corrected chi connectivity index (χ1v) is 6.21. The highest BCUT2D eigenvalue weighted by Crippen LogP contribution is 2.22. The number of aliphatic hydroxyl groups excluding tert-OH is 1. The Morgan fingerprint density at radius 3 is 3.17 bits per heavy atom. The molecule has 1 aliphatic rings. The van der Waals surface area contributed by atoms with Gasteiger partial charge in [0, 0.05) is 39.3 Å². The van der Waals surface area contributed by atoms with Crippen LogP contribution in [0.15, 0.2) is 4.42 Å². The van der Waals surface area contributed by atoms with Crippen molar-refractivity contribution in [1.82, 2.24) is 15.5 Å². The highest BCUT2D eigenvalue weighted by Gasteiger charge is 2.25. The lowest BCUT2D eigenvalue weighted by Gasteiger charge is -2.11. The first-order valence-electron chi connectivity index (χ1n) is 6.21. The molecule has 1 fully saturated rings. The van der Waals surface area contributed by atoms with Crippen molar-refractivity contribution in [3.05, 3.63) is 5.89 Å². The molecule has 0 aliphatic carbocycles. The second-order valence-electron chi connectivity index (χ2n) is 4.43. The van der Waals surface area contributed by atoms with E-state index in [0.29, 0.717) is 31.0 Å². The van der Waals surface area contributed by atoms with Gasteiger partial charge >= 0.3 is 6.01 Å². The van der Waals surface area contributed by atoms with Crippen LogP contribution in [-0.2, 0) is 11.3 Å². The summed E-state index contributed by atoms with van der Waals surface area (Å²) in [6.45, 7) is 3.83. The van der Waals surface area contributed by atoms with Gasteiger partial charge in [0.25, 0.3) is 0 Å². The molecule has 0 spiro atoms. The van der Waals surface area contributed by atoms with Gasteiger partial charge in [-0.15, -0.1) is 5.10 Å². The molecule has 0 aromatic carbocycles. The fourth-order valence-corrected chi connectivity index (χ4v) is 1.97. The van der Waals surface area contributed by atoms with Crippen molar-refractivity contribution in [1.29, 1.82) is 0 Å². The summed E-state index contributed by atoms with van der Waals surface area (Å²) in [4.78, 5) is 2.02. The van der Waals surface area contributed by atoms with Crippen LogP contribution in [0.25, 0.3) is 0 Å². The lowest BCUT2D eigenvalue weighted by Crippen LogP contribution is -2.21. The van der Waals surface area contributed by atoms with E-state index in [9.17, 15) is 0 Å². The quantitative estimate of drug-likeness (QED) is 0.644. The van der Waals surface area contributed by atoms with Gasteiger partial charge in [0.1, 0.15) is 0 Å². The van der Waals surface area contributed by atoms with Crippen LogP contribution >= 0.6 is 0 Å². The van der Waals surface area contributed by atoms with Crippen molar-refractivity contribution in [2.24, 2.45) is 5.92 Å². The van der Waals surface area contributed by atoms with Gasteiger partial charge in [0.05, 0.1) is 13.2 Å². The minimum atomic E-state index is 0.218. The van der Waals surface area contributed by atoms with Crippen LogP contribution in [0, 0.1) is 5.92 Å². The first-order chi connectivity index (χ1) is 8.83. The van der Waals surface area contributed by atoms with Gasteiger partial charge in [-0.2, -0.15) is 0 Å². The van der Waals surface area contributed by atoms with Crippen molar-refractivity contribution < 1.29 is 14.3 Å². The van der Waals surface area contributed by atoms with Crippen LogP contribution < -0.4 is 10.2 Å². The van der Waals surface area contributed by atoms with Crippen molar-refractivity contribution in [3.63, 3.8) is 0 Å². The Balaban J connectivity index is 1.79. The molecule has 7 heteroatoms. The van der Waals surface area contributed by atoms with Crippen molar-refractivity contribution >= 4 is 6.01 Å². The molecule has 2 rings (SSSR count). The number of rotatable bonds is 7. The molecule has 18 heavy (non-hydrogen) atoms. The molecule has 1 aliphatic heterocycles. The third-order valence-corrected chi connectivity index (χ3v) is 3.03. The molecular formula is C11H20N4O3. The molecule has 1 unspecified atom stereocenters. The first kappa shape index (κ1) is 13.3. The number of aromatic nitrogens is 2. The van der Waals surface area contributed by atoms with Gasteiger partial charge in [0.15, 0.2) is 0 Å². The molecule has 0 saturated carbocycles. The summed E-state index contributed by atoms with van der Waals surface area (Å²) in [5.41, 5.74) is 0. The fourth-order valence-electron chi connectivity index (χ4n) is 1.97. The number of nitrogens with zero attached hydrogens (tertiary/aromatic N) is 3. The number of hydrogen-bond donors (Lipinski definition) is 2. The lowest BCUT2D eigenvalue weighted by atomic mass is 10.1. The van der Waals surface area contributed by atoms with Gasteiger partial charge in [-0.25, -0.2) is 0 Å². The Hall–Kier alpha value is -1.18. The van der Waals surface area contributed by atoms with E-state index in [2.05, 4.69) is 15.5 Å². The SMILES string of the molecule is COCCNCc1nnc(N2CCC(CO)C2)o1. The molecule has 0 amide bonds. The Kier molecular flexibility index (Phi) is 4.91. The monoisotopic (exact) mass is 256 g/mol. The molecule has 1 atom stereocenters. The number of hydrogen-bond acceptors (Lipinski definition) is 7. The minimum Gasteiger partial charge on any atom is -0.407 e. The third kappa shape index (κ3) is 3.41. The second-order valence-corrected chi connectivity index (χ2v) is 4.43. The zero-order chi connectivity index (χ0) is 12.8. The maximum absolute atomic E-state index is 9.09. The summed E-state index contributed by atoms with van der Waals surface area (Å²) in [6.07, 6.45) is 0.973. The average Bonchev–Trinajstić information content (AvgIpc) is 3.03. The molecule has 0 bridgehead atoms.